The predicted molar refractivity (Wildman–Crippen MR) is 60.2 cm³/mol. The fourth-order valence-corrected chi connectivity index (χ4v) is 1.69. The summed E-state index contributed by atoms with van der Waals surface area (Å²) in [6.07, 6.45) is 0. The van der Waals surface area contributed by atoms with Gasteiger partial charge in [0.1, 0.15) is 11.6 Å². The minimum absolute atomic E-state index is 0.115. The predicted octanol–water partition coefficient (Wildman–Crippen LogP) is 1.99. The van der Waals surface area contributed by atoms with E-state index in [1.54, 1.807) is 12.1 Å². The van der Waals surface area contributed by atoms with Crippen LogP contribution in [0, 0.1) is 12.7 Å². The Labute approximate surface area is 92.9 Å². The summed E-state index contributed by atoms with van der Waals surface area (Å²) in [5.41, 5.74) is 6.39. The van der Waals surface area contributed by atoms with E-state index < -0.39 is 5.82 Å². The molecule has 5 heteroatoms. The van der Waals surface area contributed by atoms with E-state index in [0.717, 1.165) is 12.4 Å². The Morgan fingerprint density at radius 3 is 2.81 bits per heavy atom. The number of benzene rings is 1. The van der Waals surface area contributed by atoms with E-state index in [2.05, 4.69) is 10.2 Å². The SMILES string of the molecule is CCn1c(C)nnc1-c1cccc(F)c1N. The Balaban J connectivity index is 2.63. The number of aromatic nitrogens is 3. The number of nitrogens with two attached hydrogens (primary N) is 1. The van der Waals surface area contributed by atoms with E-state index in [1.807, 2.05) is 18.4 Å². The normalized spacial score (nSPS) is 10.7. The van der Waals surface area contributed by atoms with E-state index >= 15 is 0 Å². The molecule has 16 heavy (non-hydrogen) atoms. The Kier molecular flexibility index (Phi) is 2.60. The largest absolute Gasteiger partial charge is 0.396 e. The topological polar surface area (TPSA) is 56.7 Å². The first-order valence-electron chi connectivity index (χ1n) is 5.09. The molecule has 2 aromatic rings. The van der Waals surface area contributed by atoms with Gasteiger partial charge >= 0.3 is 0 Å². The number of nitrogens with zero attached hydrogens (tertiary/aromatic N) is 3. The molecule has 1 heterocycles. The van der Waals surface area contributed by atoms with Crippen molar-refractivity contribution < 1.29 is 4.39 Å². The highest BCUT2D eigenvalue weighted by Crippen LogP contribution is 2.26. The molecule has 1 aromatic heterocycles. The molecular formula is C11H13FN4. The zero-order chi connectivity index (χ0) is 11.7. The lowest BCUT2D eigenvalue weighted by Gasteiger charge is -2.08. The van der Waals surface area contributed by atoms with Gasteiger partial charge in [-0.05, 0) is 26.0 Å². The summed E-state index contributed by atoms with van der Waals surface area (Å²) in [5.74, 6) is 0.971. The van der Waals surface area contributed by atoms with Crippen LogP contribution in [-0.2, 0) is 6.54 Å². The van der Waals surface area contributed by atoms with Gasteiger partial charge in [0, 0.05) is 12.1 Å². The standard InChI is InChI=1S/C11H13FN4/c1-3-16-7(2)14-15-11(16)8-5-4-6-9(12)10(8)13/h4-6H,3,13H2,1-2H3. The molecule has 0 atom stereocenters. The van der Waals surface area contributed by atoms with Crippen molar-refractivity contribution in [2.45, 2.75) is 20.4 Å². The molecule has 0 spiro atoms. The van der Waals surface area contributed by atoms with E-state index in [-0.39, 0.29) is 5.69 Å². The summed E-state index contributed by atoms with van der Waals surface area (Å²) in [7, 11) is 0. The summed E-state index contributed by atoms with van der Waals surface area (Å²) < 4.78 is 15.2. The van der Waals surface area contributed by atoms with Crippen LogP contribution in [0.15, 0.2) is 18.2 Å². The minimum atomic E-state index is -0.430. The second kappa shape index (κ2) is 3.92. The molecular weight excluding hydrogens is 207 g/mol. The first-order chi connectivity index (χ1) is 7.65. The van der Waals surface area contributed by atoms with Gasteiger partial charge in [-0.2, -0.15) is 0 Å². The smallest absolute Gasteiger partial charge is 0.166 e. The molecule has 0 saturated carbocycles. The Morgan fingerprint density at radius 1 is 1.38 bits per heavy atom. The van der Waals surface area contributed by atoms with Crippen molar-refractivity contribution in [2.75, 3.05) is 5.73 Å². The fourth-order valence-electron chi connectivity index (χ4n) is 1.69. The van der Waals surface area contributed by atoms with E-state index in [9.17, 15) is 4.39 Å². The number of para-hydroxylation sites is 1. The van der Waals surface area contributed by atoms with Crippen LogP contribution >= 0.6 is 0 Å². The van der Waals surface area contributed by atoms with Gasteiger partial charge < -0.3 is 10.3 Å². The van der Waals surface area contributed by atoms with Crippen LogP contribution in [0.3, 0.4) is 0 Å². The molecule has 84 valence electrons. The third kappa shape index (κ3) is 1.54. The summed E-state index contributed by atoms with van der Waals surface area (Å²) in [5, 5.41) is 7.99. The monoisotopic (exact) mass is 220 g/mol. The van der Waals surface area contributed by atoms with Crippen LogP contribution in [-0.4, -0.2) is 14.8 Å². The number of nitrogen functional groups attached to an aromatic ring is 1. The van der Waals surface area contributed by atoms with Gasteiger partial charge in [0.05, 0.1) is 5.69 Å². The molecule has 4 nitrogen and oxygen atoms in total. The number of halogens is 1. The van der Waals surface area contributed by atoms with E-state index in [4.69, 9.17) is 5.73 Å². The molecule has 0 aliphatic rings. The highest BCUT2D eigenvalue weighted by molar-refractivity contribution is 5.72. The van der Waals surface area contributed by atoms with Crippen LogP contribution in [0.4, 0.5) is 10.1 Å². The van der Waals surface area contributed by atoms with Gasteiger partial charge in [-0.1, -0.05) is 6.07 Å². The lowest BCUT2D eigenvalue weighted by atomic mass is 10.1. The molecule has 0 radical (unpaired) electrons. The Hall–Kier alpha value is -1.91. The number of hydrogen-bond donors (Lipinski definition) is 1. The second-order valence-corrected chi connectivity index (χ2v) is 3.52. The molecule has 2 rings (SSSR count). The quantitative estimate of drug-likeness (QED) is 0.787. The molecule has 0 bridgehead atoms. The van der Waals surface area contributed by atoms with Gasteiger partial charge in [0.2, 0.25) is 0 Å². The zero-order valence-corrected chi connectivity index (χ0v) is 9.24. The number of anilines is 1. The molecule has 0 aliphatic heterocycles. The summed E-state index contributed by atoms with van der Waals surface area (Å²) in [4.78, 5) is 0. The third-order valence-corrected chi connectivity index (χ3v) is 2.55. The number of aryl methyl sites for hydroxylation is 1. The zero-order valence-electron chi connectivity index (χ0n) is 9.24. The molecule has 0 saturated heterocycles. The lowest BCUT2D eigenvalue weighted by molar-refractivity contribution is 0.632. The van der Waals surface area contributed by atoms with Crippen LogP contribution in [0.2, 0.25) is 0 Å². The number of hydrogen-bond acceptors (Lipinski definition) is 3. The molecule has 0 fully saturated rings. The maximum Gasteiger partial charge on any atom is 0.166 e. The average molecular weight is 220 g/mol. The summed E-state index contributed by atoms with van der Waals surface area (Å²) in [6.45, 7) is 4.56. The minimum Gasteiger partial charge on any atom is -0.396 e. The molecule has 0 unspecified atom stereocenters. The van der Waals surface area contributed by atoms with Crippen molar-refractivity contribution in [3.05, 3.63) is 29.8 Å². The average Bonchev–Trinajstić information content (AvgIpc) is 2.63. The Morgan fingerprint density at radius 2 is 2.12 bits per heavy atom. The number of rotatable bonds is 2. The fraction of sp³-hybridized carbons (Fsp3) is 0.273. The molecule has 0 amide bonds. The first kappa shape index (κ1) is 10.6. The molecule has 0 aliphatic carbocycles. The van der Waals surface area contributed by atoms with Gasteiger partial charge in [-0.25, -0.2) is 4.39 Å². The van der Waals surface area contributed by atoms with Crippen LogP contribution in [0.5, 0.6) is 0 Å². The maximum absolute atomic E-state index is 13.3. The van der Waals surface area contributed by atoms with E-state index in [0.29, 0.717) is 11.4 Å². The van der Waals surface area contributed by atoms with Crippen molar-refractivity contribution in [2.24, 2.45) is 0 Å². The van der Waals surface area contributed by atoms with Crippen LogP contribution in [0.25, 0.3) is 11.4 Å². The molecule has 1 aromatic carbocycles. The highest BCUT2D eigenvalue weighted by atomic mass is 19.1. The van der Waals surface area contributed by atoms with Crippen molar-refractivity contribution in [1.82, 2.24) is 14.8 Å². The highest BCUT2D eigenvalue weighted by Gasteiger charge is 2.14. The molecule has 2 N–H and O–H groups in total. The summed E-state index contributed by atoms with van der Waals surface area (Å²) >= 11 is 0. The maximum atomic E-state index is 13.3. The second-order valence-electron chi connectivity index (χ2n) is 3.52. The van der Waals surface area contributed by atoms with Crippen molar-refractivity contribution in [3.63, 3.8) is 0 Å². The third-order valence-electron chi connectivity index (χ3n) is 2.55. The van der Waals surface area contributed by atoms with Gasteiger partial charge in [-0.15, -0.1) is 10.2 Å². The Bertz CT molecular complexity index is 519. The van der Waals surface area contributed by atoms with Gasteiger partial charge in [0.15, 0.2) is 5.82 Å². The van der Waals surface area contributed by atoms with Crippen molar-refractivity contribution in [3.8, 4) is 11.4 Å². The van der Waals surface area contributed by atoms with Gasteiger partial charge in [-0.3, -0.25) is 0 Å². The van der Waals surface area contributed by atoms with E-state index in [1.165, 1.54) is 6.07 Å². The first-order valence-corrected chi connectivity index (χ1v) is 5.09. The van der Waals surface area contributed by atoms with Crippen molar-refractivity contribution in [1.29, 1.82) is 0 Å². The lowest BCUT2D eigenvalue weighted by Crippen LogP contribution is -2.02. The van der Waals surface area contributed by atoms with Crippen LogP contribution in [0.1, 0.15) is 12.7 Å². The summed E-state index contributed by atoms with van der Waals surface area (Å²) in [6, 6.07) is 4.69. The van der Waals surface area contributed by atoms with Gasteiger partial charge in [0.25, 0.3) is 0 Å². The van der Waals surface area contributed by atoms with Crippen LogP contribution < -0.4 is 5.73 Å². The van der Waals surface area contributed by atoms with Crippen molar-refractivity contribution >= 4 is 5.69 Å².